The summed E-state index contributed by atoms with van der Waals surface area (Å²) in [7, 11) is 0. The van der Waals surface area contributed by atoms with Gasteiger partial charge in [0.15, 0.2) is 5.60 Å². The van der Waals surface area contributed by atoms with E-state index in [9.17, 15) is 24.0 Å². The molecule has 4 amide bonds. The number of carbonyl (C=O) groups is 5. The SMILES string of the molecule is CCC[C@H](NC(=O)[C@@H]1C[C@]2(CC(c3cccc(Cl)c3)=NO2)CN1C(=O)CNC(=O)OCC)C(=O)C(=O)NC1CC1. The summed E-state index contributed by atoms with van der Waals surface area (Å²) in [5, 5.41) is 12.5. The first-order chi connectivity index (χ1) is 19.1. The van der Waals surface area contributed by atoms with Crippen molar-refractivity contribution >= 4 is 46.9 Å². The van der Waals surface area contributed by atoms with Gasteiger partial charge in [-0.3, -0.25) is 19.2 Å². The number of carbonyl (C=O) groups excluding carboxylic acids is 5. The molecule has 1 saturated carbocycles. The maximum Gasteiger partial charge on any atom is 0.407 e. The minimum atomic E-state index is -1.04. The number of amides is 4. The molecule has 40 heavy (non-hydrogen) atoms. The molecule has 216 valence electrons. The molecule has 3 aliphatic rings. The van der Waals surface area contributed by atoms with E-state index in [4.69, 9.17) is 21.2 Å². The quantitative estimate of drug-likeness (QED) is 0.339. The molecule has 1 aliphatic carbocycles. The second kappa shape index (κ2) is 12.7. The lowest BCUT2D eigenvalue weighted by Gasteiger charge is -2.26. The van der Waals surface area contributed by atoms with E-state index in [1.54, 1.807) is 25.1 Å². The Morgan fingerprint density at radius 1 is 1.23 bits per heavy atom. The van der Waals surface area contributed by atoms with Gasteiger partial charge in [0.2, 0.25) is 17.6 Å². The van der Waals surface area contributed by atoms with Gasteiger partial charge >= 0.3 is 6.09 Å². The van der Waals surface area contributed by atoms with Gasteiger partial charge in [-0.15, -0.1) is 0 Å². The number of halogens is 1. The van der Waals surface area contributed by atoms with Gasteiger partial charge in [-0.1, -0.05) is 42.2 Å². The molecule has 4 rings (SSSR count). The molecule has 2 heterocycles. The van der Waals surface area contributed by atoms with Crippen molar-refractivity contribution in [2.24, 2.45) is 5.16 Å². The van der Waals surface area contributed by atoms with Crippen LogP contribution in [0.2, 0.25) is 5.02 Å². The molecule has 3 N–H and O–H groups in total. The highest BCUT2D eigenvalue weighted by atomic mass is 35.5. The Balaban J connectivity index is 1.50. The second-order valence-corrected chi connectivity index (χ2v) is 10.7. The Labute approximate surface area is 237 Å². The van der Waals surface area contributed by atoms with Crippen LogP contribution in [0.25, 0.3) is 0 Å². The Kier molecular flexibility index (Phi) is 9.28. The molecule has 0 radical (unpaired) electrons. The molecule has 13 heteroatoms. The molecule has 3 atom stereocenters. The van der Waals surface area contributed by atoms with E-state index in [0.717, 1.165) is 18.4 Å². The third-order valence-corrected chi connectivity index (χ3v) is 7.26. The van der Waals surface area contributed by atoms with Crippen LogP contribution in [-0.4, -0.2) is 83.6 Å². The van der Waals surface area contributed by atoms with Gasteiger partial charge in [0.05, 0.1) is 24.9 Å². The van der Waals surface area contributed by atoms with Crippen LogP contribution in [0.5, 0.6) is 0 Å². The molecule has 0 unspecified atom stereocenters. The highest BCUT2D eigenvalue weighted by Crippen LogP contribution is 2.39. The van der Waals surface area contributed by atoms with Crippen molar-refractivity contribution in [1.29, 1.82) is 0 Å². The van der Waals surface area contributed by atoms with Crippen LogP contribution < -0.4 is 16.0 Å². The normalized spacial score (nSPS) is 22.2. The van der Waals surface area contributed by atoms with Crippen molar-refractivity contribution in [2.75, 3.05) is 19.7 Å². The Bertz CT molecular complexity index is 1200. The topological polar surface area (TPSA) is 156 Å². The van der Waals surface area contributed by atoms with Crippen LogP contribution in [0.3, 0.4) is 0 Å². The van der Waals surface area contributed by atoms with Crippen LogP contribution in [0, 0.1) is 0 Å². The van der Waals surface area contributed by atoms with Crippen molar-refractivity contribution in [1.82, 2.24) is 20.9 Å². The lowest BCUT2D eigenvalue weighted by atomic mass is 9.91. The van der Waals surface area contributed by atoms with Crippen LogP contribution in [0.1, 0.15) is 57.9 Å². The average molecular weight is 576 g/mol. The third-order valence-electron chi connectivity index (χ3n) is 7.03. The highest BCUT2D eigenvalue weighted by molar-refractivity contribution is 6.38. The van der Waals surface area contributed by atoms with Gasteiger partial charge in [-0.25, -0.2) is 4.79 Å². The molecule has 0 bridgehead atoms. The molecule has 2 aliphatic heterocycles. The van der Waals surface area contributed by atoms with E-state index in [1.165, 1.54) is 4.90 Å². The maximum atomic E-state index is 13.6. The van der Waals surface area contributed by atoms with E-state index in [1.807, 2.05) is 13.0 Å². The van der Waals surface area contributed by atoms with Crippen molar-refractivity contribution in [3.8, 4) is 0 Å². The zero-order valence-electron chi connectivity index (χ0n) is 22.5. The fourth-order valence-electron chi connectivity index (χ4n) is 4.88. The summed E-state index contributed by atoms with van der Waals surface area (Å²) in [5.74, 6) is -2.57. The van der Waals surface area contributed by atoms with Crippen molar-refractivity contribution in [2.45, 2.75) is 76.1 Å². The Hall–Kier alpha value is -3.67. The summed E-state index contributed by atoms with van der Waals surface area (Å²) in [6, 6.07) is 5.06. The zero-order chi connectivity index (χ0) is 28.9. The molecular formula is C27H34ClN5O7. The van der Waals surface area contributed by atoms with Crippen molar-refractivity contribution in [3.05, 3.63) is 34.9 Å². The minimum Gasteiger partial charge on any atom is -0.450 e. The molecule has 12 nitrogen and oxygen atoms in total. The largest absolute Gasteiger partial charge is 0.450 e. The third kappa shape index (κ3) is 7.09. The van der Waals surface area contributed by atoms with Gasteiger partial charge in [-0.2, -0.15) is 0 Å². The smallest absolute Gasteiger partial charge is 0.407 e. The minimum absolute atomic E-state index is 0.00247. The lowest BCUT2D eigenvalue weighted by Crippen LogP contribution is -2.54. The number of ketones is 1. The summed E-state index contributed by atoms with van der Waals surface area (Å²) >= 11 is 6.14. The fourth-order valence-corrected chi connectivity index (χ4v) is 5.07. The number of hydrogen-bond acceptors (Lipinski definition) is 8. The Morgan fingerprint density at radius 3 is 2.67 bits per heavy atom. The average Bonchev–Trinajstić information content (AvgIpc) is 3.52. The maximum absolute atomic E-state index is 13.6. The standard InChI is InChI=1S/C27H34ClN5O7/c1-3-6-19(23(35)25(37)30-18-9-10-18)31-24(36)21-13-27(15-33(21)22(34)14-29-26(38)39-4-2)12-20(32-40-27)16-7-5-8-17(28)11-16/h5,7-8,11,18-19,21H,3-4,6,9-10,12-15H2,1-2H3,(H,29,38)(H,30,37)(H,31,36)/t19-,21-,27+/m0/s1. The fraction of sp³-hybridized carbons (Fsp3) is 0.556. The second-order valence-electron chi connectivity index (χ2n) is 10.3. The van der Waals surface area contributed by atoms with E-state index < -0.39 is 53.8 Å². The molecule has 2 fully saturated rings. The van der Waals surface area contributed by atoms with Gasteiger partial charge < -0.3 is 30.4 Å². The predicted molar refractivity (Wildman–Crippen MR) is 145 cm³/mol. The number of ether oxygens (including phenoxy) is 1. The summed E-state index contributed by atoms with van der Waals surface area (Å²) in [5.41, 5.74) is 0.387. The first-order valence-corrected chi connectivity index (χ1v) is 13.9. The van der Waals surface area contributed by atoms with Gasteiger partial charge in [0.25, 0.3) is 5.91 Å². The molecule has 0 aromatic heterocycles. The molecule has 1 aromatic carbocycles. The number of benzene rings is 1. The monoisotopic (exact) mass is 575 g/mol. The number of alkyl carbamates (subject to hydrolysis) is 1. The molecule has 1 aromatic rings. The van der Waals surface area contributed by atoms with Gasteiger partial charge in [0.1, 0.15) is 12.6 Å². The molecule has 1 spiro atoms. The van der Waals surface area contributed by atoms with E-state index in [2.05, 4.69) is 21.1 Å². The van der Waals surface area contributed by atoms with Gasteiger partial charge in [-0.05, 0) is 38.3 Å². The highest BCUT2D eigenvalue weighted by Gasteiger charge is 2.54. The zero-order valence-corrected chi connectivity index (χ0v) is 23.3. The van der Waals surface area contributed by atoms with Crippen molar-refractivity contribution < 1.29 is 33.5 Å². The number of oxime groups is 1. The van der Waals surface area contributed by atoms with Crippen LogP contribution in [0.4, 0.5) is 4.79 Å². The summed E-state index contributed by atoms with van der Waals surface area (Å²) in [4.78, 5) is 71.0. The Morgan fingerprint density at radius 2 is 2.00 bits per heavy atom. The number of nitrogens with one attached hydrogen (secondary N) is 3. The number of nitrogens with zero attached hydrogens (tertiary/aromatic N) is 2. The lowest BCUT2D eigenvalue weighted by molar-refractivity contribution is -0.142. The van der Waals surface area contributed by atoms with Gasteiger partial charge in [0, 0.05) is 29.5 Å². The summed E-state index contributed by atoms with van der Waals surface area (Å²) in [6.07, 6.45) is 2.11. The van der Waals surface area contributed by atoms with Crippen molar-refractivity contribution in [3.63, 3.8) is 0 Å². The number of rotatable bonds is 11. The van der Waals surface area contributed by atoms with E-state index >= 15 is 0 Å². The molecular weight excluding hydrogens is 542 g/mol. The molecule has 1 saturated heterocycles. The van der Waals surface area contributed by atoms with Crippen LogP contribution in [-0.2, 0) is 28.8 Å². The summed E-state index contributed by atoms with van der Waals surface area (Å²) < 4.78 is 4.83. The number of Topliss-reactive ketones (excluding diaryl/α,β-unsaturated/α-hetero) is 1. The first-order valence-electron chi connectivity index (χ1n) is 13.5. The first kappa shape index (κ1) is 29.3. The van der Waals surface area contributed by atoms with Crippen LogP contribution in [0.15, 0.2) is 29.4 Å². The predicted octanol–water partition coefficient (Wildman–Crippen LogP) is 1.68. The van der Waals surface area contributed by atoms with Crippen LogP contribution >= 0.6 is 11.6 Å². The van der Waals surface area contributed by atoms with E-state index in [-0.39, 0.29) is 32.0 Å². The van der Waals surface area contributed by atoms with E-state index in [0.29, 0.717) is 23.6 Å². The summed E-state index contributed by atoms with van der Waals surface area (Å²) in [6.45, 7) is 3.24. The number of likely N-dealkylation sites (tertiary alicyclic amines) is 1. The number of hydrogen-bond donors (Lipinski definition) is 3.